The number of amides is 2. The molecule has 2 N–H and O–H groups in total. The zero-order chi connectivity index (χ0) is 23.3. The highest BCUT2D eigenvalue weighted by molar-refractivity contribution is 6.34. The molecule has 9 heteroatoms. The molecule has 0 aliphatic rings. The van der Waals surface area contributed by atoms with E-state index in [0.29, 0.717) is 5.56 Å². The topological polar surface area (TPSA) is 84.5 Å². The fraction of sp³-hybridized carbons (Fsp3) is 0.318. The maximum atomic E-state index is 13.4. The Hall–Kier alpha value is -3.00. The minimum absolute atomic E-state index is 0.0201. The zero-order valence-electron chi connectivity index (χ0n) is 17.5. The first-order valence-corrected chi connectivity index (χ1v) is 9.81. The molecule has 2 aromatic carbocycles. The summed E-state index contributed by atoms with van der Waals surface area (Å²) in [6.07, 6.45) is -0.936. The predicted molar refractivity (Wildman–Crippen MR) is 113 cm³/mol. The smallest absolute Gasteiger partial charge is 0.408 e. The average Bonchev–Trinajstić information content (AvgIpc) is 2.63. The van der Waals surface area contributed by atoms with Crippen LogP contribution >= 0.6 is 11.6 Å². The molecule has 1 atom stereocenters. The van der Waals surface area contributed by atoms with Crippen LogP contribution in [0.2, 0.25) is 5.02 Å². The van der Waals surface area contributed by atoms with Crippen molar-refractivity contribution in [1.29, 1.82) is 0 Å². The van der Waals surface area contributed by atoms with Crippen LogP contribution < -0.4 is 10.6 Å². The minimum Gasteiger partial charge on any atom is -0.444 e. The molecule has 0 aliphatic heterocycles. The number of nitrogens with one attached hydrogen (secondary N) is 2. The van der Waals surface area contributed by atoms with Crippen molar-refractivity contribution in [3.63, 3.8) is 0 Å². The van der Waals surface area contributed by atoms with Gasteiger partial charge in [0.05, 0.1) is 16.6 Å². The Bertz CT molecular complexity index is 1010. The Kier molecular flexibility index (Phi) is 7.73. The number of alkyl carbamates (subject to hydrolysis) is 1. The number of carbonyl (C=O) groups is 3. The Morgan fingerprint density at radius 3 is 2.39 bits per heavy atom. The number of rotatable bonds is 6. The van der Waals surface area contributed by atoms with E-state index in [0.717, 1.165) is 12.1 Å². The molecule has 0 aromatic heterocycles. The standard InChI is InChI=1S/C22H23ClF2N2O4/c1-12(26-21(30)31-22(2,3)4)18(28)10-13-6-5-7-15(23)19(13)20(29)27-14-8-9-16(24)17(25)11-14/h5-9,11-12H,10H2,1-4H3,(H,26,30)(H,27,29). The van der Waals surface area contributed by atoms with Crippen LogP contribution in [-0.4, -0.2) is 29.4 Å². The minimum atomic E-state index is -1.12. The van der Waals surface area contributed by atoms with E-state index in [9.17, 15) is 23.2 Å². The second-order valence-corrected chi connectivity index (χ2v) is 8.28. The van der Waals surface area contributed by atoms with Gasteiger partial charge in [0.1, 0.15) is 5.60 Å². The summed E-state index contributed by atoms with van der Waals surface area (Å²) in [6.45, 7) is 6.59. The van der Waals surface area contributed by atoms with E-state index >= 15 is 0 Å². The number of Topliss-reactive ketones (excluding diaryl/α,β-unsaturated/α-hetero) is 1. The maximum absolute atomic E-state index is 13.4. The lowest BCUT2D eigenvalue weighted by Gasteiger charge is -2.21. The third-order valence-electron chi connectivity index (χ3n) is 4.09. The first-order valence-electron chi connectivity index (χ1n) is 9.43. The van der Waals surface area contributed by atoms with Gasteiger partial charge in [-0.1, -0.05) is 23.7 Å². The van der Waals surface area contributed by atoms with Crippen LogP contribution in [0.4, 0.5) is 19.3 Å². The van der Waals surface area contributed by atoms with Crippen molar-refractivity contribution in [2.45, 2.75) is 45.8 Å². The van der Waals surface area contributed by atoms with Crippen molar-refractivity contribution >= 4 is 35.1 Å². The summed E-state index contributed by atoms with van der Waals surface area (Å²) < 4.78 is 31.6. The lowest BCUT2D eigenvalue weighted by Crippen LogP contribution is -2.42. The molecule has 0 heterocycles. The second kappa shape index (κ2) is 9.87. The van der Waals surface area contributed by atoms with Gasteiger partial charge in [-0.15, -0.1) is 0 Å². The van der Waals surface area contributed by atoms with Gasteiger partial charge in [-0.05, 0) is 51.5 Å². The van der Waals surface area contributed by atoms with E-state index < -0.39 is 35.3 Å². The van der Waals surface area contributed by atoms with Gasteiger partial charge in [0.15, 0.2) is 17.4 Å². The van der Waals surface area contributed by atoms with Crippen molar-refractivity contribution in [2.24, 2.45) is 0 Å². The molecule has 31 heavy (non-hydrogen) atoms. The van der Waals surface area contributed by atoms with E-state index in [1.807, 2.05) is 0 Å². The summed E-state index contributed by atoms with van der Waals surface area (Å²) in [6, 6.07) is 6.63. The summed E-state index contributed by atoms with van der Waals surface area (Å²) in [4.78, 5) is 37.2. The Morgan fingerprint density at radius 1 is 1.10 bits per heavy atom. The first kappa shape index (κ1) is 24.3. The van der Waals surface area contributed by atoms with Gasteiger partial charge < -0.3 is 15.4 Å². The molecule has 1 unspecified atom stereocenters. The van der Waals surface area contributed by atoms with Gasteiger partial charge in [-0.25, -0.2) is 13.6 Å². The molecule has 166 valence electrons. The van der Waals surface area contributed by atoms with Crippen molar-refractivity contribution in [2.75, 3.05) is 5.32 Å². The van der Waals surface area contributed by atoms with Gasteiger partial charge in [0, 0.05) is 18.2 Å². The van der Waals surface area contributed by atoms with Crippen molar-refractivity contribution in [3.8, 4) is 0 Å². The second-order valence-electron chi connectivity index (χ2n) is 7.87. The van der Waals surface area contributed by atoms with E-state index in [1.165, 1.54) is 19.1 Å². The summed E-state index contributed by atoms with van der Waals surface area (Å²) in [7, 11) is 0. The molecule has 0 fully saturated rings. The van der Waals surface area contributed by atoms with Crippen LogP contribution in [0.3, 0.4) is 0 Å². The zero-order valence-corrected chi connectivity index (χ0v) is 18.3. The quantitative estimate of drug-likeness (QED) is 0.653. The maximum Gasteiger partial charge on any atom is 0.408 e. The number of ketones is 1. The van der Waals surface area contributed by atoms with E-state index in [1.54, 1.807) is 32.9 Å². The first-order chi connectivity index (χ1) is 14.4. The van der Waals surface area contributed by atoms with Gasteiger partial charge in [0.25, 0.3) is 5.91 Å². The predicted octanol–water partition coefficient (Wildman–Crippen LogP) is 4.90. The van der Waals surface area contributed by atoms with Crippen molar-refractivity contribution in [3.05, 3.63) is 64.2 Å². The largest absolute Gasteiger partial charge is 0.444 e. The molecule has 2 amide bonds. The van der Waals surface area contributed by atoms with Gasteiger partial charge >= 0.3 is 6.09 Å². The van der Waals surface area contributed by atoms with E-state index in [-0.39, 0.29) is 28.5 Å². The van der Waals surface area contributed by atoms with Gasteiger partial charge in [-0.3, -0.25) is 9.59 Å². The molecule has 6 nitrogen and oxygen atoms in total. The lowest BCUT2D eigenvalue weighted by molar-refractivity contribution is -0.120. The molecule has 0 aliphatic carbocycles. The normalized spacial score (nSPS) is 12.1. The molecular weight excluding hydrogens is 430 g/mol. The third-order valence-corrected chi connectivity index (χ3v) is 4.40. The van der Waals surface area contributed by atoms with Crippen LogP contribution in [0.5, 0.6) is 0 Å². The fourth-order valence-corrected chi connectivity index (χ4v) is 2.92. The lowest BCUT2D eigenvalue weighted by atomic mass is 9.99. The molecule has 2 rings (SSSR count). The van der Waals surface area contributed by atoms with Crippen molar-refractivity contribution in [1.82, 2.24) is 5.32 Å². The highest BCUT2D eigenvalue weighted by Crippen LogP contribution is 2.23. The molecule has 2 aromatic rings. The molecule has 0 bridgehead atoms. The van der Waals surface area contributed by atoms with E-state index in [2.05, 4.69) is 10.6 Å². The van der Waals surface area contributed by atoms with Crippen LogP contribution in [0.1, 0.15) is 43.6 Å². The number of carbonyl (C=O) groups excluding carboxylic acids is 3. The fourth-order valence-electron chi connectivity index (χ4n) is 2.64. The molecular formula is C22H23ClF2N2O4. The van der Waals surface area contributed by atoms with Crippen molar-refractivity contribution < 1.29 is 27.9 Å². The molecule has 0 radical (unpaired) electrons. The number of hydrogen-bond acceptors (Lipinski definition) is 4. The summed E-state index contributed by atoms with van der Waals surface area (Å²) >= 11 is 6.17. The van der Waals surface area contributed by atoms with E-state index in [4.69, 9.17) is 16.3 Å². The number of halogens is 3. The molecule has 0 saturated carbocycles. The van der Waals surface area contributed by atoms with Crippen LogP contribution in [-0.2, 0) is 16.0 Å². The SMILES string of the molecule is CC(NC(=O)OC(C)(C)C)C(=O)Cc1cccc(Cl)c1C(=O)Nc1ccc(F)c(F)c1. The number of ether oxygens (including phenoxy) is 1. The third kappa shape index (κ3) is 7.03. The summed E-state index contributed by atoms with van der Waals surface area (Å²) in [5.74, 6) is -3.23. The van der Waals surface area contributed by atoms with Crippen LogP contribution in [0, 0.1) is 11.6 Å². The Labute approximate surface area is 183 Å². The molecule has 0 spiro atoms. The highest BCUT2D eigenvalue weighted by atomic mass is 35.5. The highest BCUT2D eigenvalue weighted by Gasteiger charge is 2.23. The van der Waals surface area contributed by atoms with Crippen LogP contribution in [0.25, 0.3) is 0 Å². The van der Waals surface area contributed by atoms with Gasteiger partial charge in [0.2, 0.25) is 0 Å². The number of anilines is 1. The van der Waals surface area contributed by atoms with Gasteiger partial charge in [-0.2, -0.15) is 0 Å². The number of hydrogen-bond donors (Lipinski definition) is 2. The summed E-state index contributed by atoms with van der Waals surface area (Å²) in [5.41, 5.74) is -0.353. The monoisotopic (exact) mass is 452 g/mol. The Morgan fingerprint density at radius 2 is 1.77 bits per heavy atom. The molecule has 0 saturated heterocycles. The van der Waals surface area contributed by atoms with Crippen LogP contribution in [0.15, 0.2) is 36.4 Å². The number of benzene rings is 2. The summed E-state index contributed by atoms with van der Waals surface area (Å²) in [5, 5.41) is 4.97. The Balaban J connectivity index is 2.16. The average molecular weight is 453 g/mol.